The molecule has 0 bridgehead atoms. The molecule has 0 amide bonds. The number of rotatable bonds is 9. The van der Waals surface area contributed by atoms with Gasteiger partial charge in [0.15, 0.2) is 12.6 Å². The molecule has 0 saturated heterocycles. The molecule has 0 spiro atoms. The number of halogens is 2. The molecular formula is C10H23Cl2O5P. The standard InChI is InChI=1S/C8H18ClO5P.C2H5Cl/c1-3-7(10)13-8(4-2)14-15(11)12-6-5-9;1-2-3/h7-8,10,15H,3-6H2,1-2H3;2H2,1H3. The normalized spacial score (nSPS) is 15.4. The monoisotopic (exact) mass is 324 g/mol. The Balaban J connectivity index is 0. The first-order chi connectivity index (χ1) is 8.55. The van der Waals surface area contributed by atoms with Crippen LogP contribution < -0.4 is 0 Å². The summed E-state index contributed by atoms with van der Waals surface area (Å²) in [5, 5.41) is 9.19. The van der Waals surface area contributed by atoms with E-state index in [9.17, 15) is 9.67 Å². The Kier molecular flexibility index (Phi) is 18.3. The van der Waals surface area contributed by atoms with Gasteiger partial charge in [-0.05, 0) is 12.8 Å². The zero-order valence-electron chi connectivity index (χ0n) is 11.0. The van der Waals surface area contributed by atoms with E-state index in [0.29, 0.717) is 12.8 Å². The highest BCUT2D eigenvalue weighted by Gasteiger charge is 2.15. The van der Waals surface area contributed by atoms with E-state index in [1.807, 2.05) is 6.92 Å². The zero-order chi connectivity index (χ0) is 14.4. The summed E-state index contributed by atoms with van der Waals surface area (Å²) in [5.74, 6) is 0.981. The van der Waals surface area contributed by atoms with Crippen LogP contribution in [0.1, 0.15) is 33.6 Å². The minimum atomic E-state index is -2.59. The van der Waals surface area contributed by atoms with Crippen molar-refractivity contribution in [1.29, 1.82) is 0 Å². The van der Waals surface area contributed by atoms with Crippen LogP contribution in [-0.2, 0) is 18.3 Å². The summed E-state index contributed by atoms with van der Waals surface area (Å²) in [4.78, 5) is 0. The Morgan fingerprint density at radius 1 is 1.22 bits per heavy atom. The lowest BCUT2D eigenvalue weighted by Crippen LogP contribution is -2.21. The van der Waals surface area contributed by atoms with Gasteiger partial charge < -0.3 is 14.4 Å². The molecule has 0 rings (SSSR count). The van der Waals surface area contributed by atoms with E-state index in [1.165, 1.54) is 0 Å². The van der Waals surface area contributed by atoms with Crippen LogP contribution in [0.3, 0.4) is 0 Å². The SMILES string of the molecule is CCC(O)OC(CC)O[PH](=O)OCCCl.CCCl. The van der Waals surface area contributed by atoms with Crippen molar-refractivity contribution in [3.05, 3.63) is 0 Å². The summed E-state index contributed by atoms with van der Waals surface area (Å²) in [6.07, 6.45) is -0.680. The summed E-state index contributed by atoms with van der Waals surface area (Å²) >= 11 is 10.3. The van der Waals surface area contributed by atoms with Gasteiger partial charge in [0.05, 0.1) is 6.61 Å². The molecule has 3 unspecified atom stereocenters. The van der Waals surface area contributed by atoms with E-state index in [4.69, 9.17) is 37.0 Å². The minimum absolute atomic E-state index is 0.173. The lowest BCUT2D eigenvalue weighted by Gasteiger charge is -2.19. The smallest absolute Gasteiger partial charge is 0.321 e. The van der Waals surface area contributed by atoms with Crippen molar-refractivity contribution in [3.8, 4) is 0 Å². The number of hydrogen-bond donors (Lipinski definition) is 1. The summed E-state index contributed by atoms with van der Waals surface area (Å²) < 4.78 is 25.9. The summed E-state index contributed by atoms with van der Waals surface area (Å²) in [7, 11) is -2.59. The third-order valence-electron chi connectivity index (χ3n) is 1.52. The van der Waals surface area contributed by atoms with Gasteiger partial charge in [0.1, 0.15) is 0 Å². The number of ether oxygens (including phenoxy) is 1. The third-order valence-corrected chi connectivity index (χ3v) is 2.57. The highest BCUT2D eigenvalue weighted by molar-refractivity contribution is 7.33. The molecule has 8 heteroatoms. The molecule has 0 aromatic carbocycles. The minimum Gasteiger partial charge on any atom is -0.368 e. The van der Waals surface area contributed by atoms with E-state index >= 15 is 0 Å². The van der Waals surface area contributed by atoms with Crippen molar-refractivity contribution in [3.63, 3.8) is 0 Å². The molecule has 5 nitrogen and oxygen atoms in total. The van der Waals surface area contributed by atoms with Crippen LogP contribution in [0.25, 0.3) is 0 Å². The first-order valence-electron chi connectivity index (χ1n) is 5.84. The molecule has 0 aromatic heterocycles. The van der Waals surface area contributed by atoms with Crippen molar-refractivity contribution >= 4 is 31.5 Å². The molecular weight excluding hydrogens is 302 g/mol. The summed E-state index contributed by atoms with van der Waals surface area (Å²) in [5.41, 5.74) is 0. The van der Waals surface area contributed by atoms with E-state index in [-0.39, 0.29) is 12.5 Å². The van der Waals surface area contributed by atoms with Gasteiger partial charge in [-0.25, -0.2) is 0 Å². The number of hydrogen-bond acceptors (Lipinski definition) is 5. The molecule has 0 aliphatic rings. The van der Waals surface area contributed by atoms with Crippen LogP contribution in [0.4, 0.5) is 0 Å². The molecule has 0 fully saturated rings. The van der Waals surface area contributed by atoms with Crippen LogP contribution >= 0.6 is 31.5 Å². The summed E-state index contributed by atoms with van der Waals surface area (Å²) in [6, 6.07) is 0. The lowest BCUT2D eigenvalue weighted by molar-refractivity contribution is -0.198. The largest absolute Gasteiger partial charge is 0.368 e. The fraction of sp³-hybridized carbons (Fsp3) is 1.00. The maximum Gasteiger partial charge on any atom is 0.321 e. The van der Waals surface area contributed by atoms with Crippen LogP contribution in [0.5, 0.6) is 0 Å². The molecule has 0 heterocycles. The van der Waals surface area contributed by atoms with Gasteiger partial charge in [-0.3, -0.25) is 9.09 Å². The first kappa shape index (κ1) is 21.0. The Bertz CT molecular complexity index is 197. The fourth-order valence-corrected chi connectivity index (χ4v) is 1.72. The van der Waals surface area contributed by atoms with Gasteiger partial charge in [0, 0.05) is 11.8 Å². The molecule has 18 heavy (non-hydrogen) atoms. The second-order valence-corrected chi connectivity index (χ2v) is 4.95. The van der Waals surface area contributed by atoms with Crippen molar-refractivity contribution < 1.29 is 23.5 Å². The fourth-order valence-electron chi connectivity index (χ4n) is 0.742. The molecule has 1 N–H and O–H groups in total. The zero-order valence-corrected chi connectivity index (χ0v) is 13.5. The number of aliphatic hydroxyl groups excluding tert-OH is 1. The second kappa shape index (κ2) is 15.7. The maximum absolute atomic E-state index is 11.2. The van der Waals surface area contributed by atoms with Crippen LogP contribution in [0.2, 0.25) is 0 Å². The predicted octanol–water partition coefficient (Wildman–Crippen LogP) is 3.37. The van der Waals surface area contributed by atoms with E-state index < -0.39 is 20.8 Å². The van der Waals surface area contributed by atoms with Gasteiger partial charge in [-0.2, -0.15) is 0 Å². The van der Waals surface area contributed by atoms with E-state index in [1.54, 1.807) is 13.8 Å². The molecule has 0 radical (unpaired) electrons. The van der Waals surface area contributed by atoms with Crippen molar-refractivity contribution in [2.45, 2.75) is 46.2 Å². The highest BCUT2D eigenvalue weighted by atomic mass is 35.5. The summed E-state index contributed by atoms with van der Waals surface area (Å²) in [6.45, 7) is 5.63. The Morgan fingerprint density at radius 3 is 2.17 bits per heavy atom. The Morgan fingerprint density at radius 2 is 1.78 bits per heavy atom. The molecule has 0 aromatic rings. The van der Waals surface area contributed by atoms with E-state index in [0.717, 1.165) is 5.88 Å². The van der Waals surface area contributed by atoms with Crippen LogP contribution in [0.15, 0.2) is 0 Å². The molecule has 0 aliphatic carbocycles. The van der Waals surface area contributed by atoms with Gasteiger partial charge in [-0.15, -0.1) is 23.2 Å². The second-order valence-electron chi connectivity index (χ2n) is 3.01. The van der Waals surface area contributed by atoms with Crippen LogP contribution in [0, 0.1) is 0 Å². The first-order valence-corrected chi connectivity index (χ1v) is 8.13. The highest BCUT2D eigenvalue weighted by Crippen LogP contribution is 2.27. The van der Waals surface area contributed by atoms with Crippen molar-refractivity contribution in [1.82, 2.24) is 0 Å². The predicted molar refractivity (Wildman–Crippen MR) is 74.6 cm³/mol. The topological polar surface area (TPSA) is 65.0 Å². The van der Waals surface area contributed by atoms with Crippen LogP contribution in [-0.4, -0.2) is 36.1 Å². The van der Waals surface area contributed by atoms with Crippen molar-refractivity contribution in [2.24, 2.45) is 0 Å². The number of aliphatic hydroxyl groups is 1. The maximum atomic E-state index is 11.2. The molecule has 112 valence electrons. The molecule has 3 atom stereocenters. The van der Waals surface area contributed by atoms with Gasteiger partial charge in [0.25, 0.3) is 0 Å². The number of alkyl halides is 2. The third kappa shape index (κ3) is 14.7. The van der Waals surface area contributed by atoms with Gasteiger partial charge in [0.2, 0.25) is 0 Å². The Labute approximate surface area is 120 Å². The van der Waals surface area contributed by atoms with Gasteiger partial charge >= 0.3 is 8.25 Å². The average Bonchev–Trinajstić information content (AvgIpc) is 2.36. The van der Waals surface area contributed by atoms with Crippen molar-refractivity contribution in [2.75, 3.05) is 18.4 Å². The lowest BCUT2D eigenvalue weighted by atomic mass is 10.4. The average molecular weight is 325 g/mol. The molecule has 0 saturated carbocycles. The van der Waals surface area contributed by atoms with Gasteiger partial charge in [-0.1, -0.05) is 20.8 Å². The Hall–Kier alpha value is 0.650. The quantitative estimate of drug-likeness (QED) is 0.400. The van der Waals surface area contributed by atoms with E-state index in [2.05, 4.69) is 0 Å². The molecule has 0 aliphatic heterocycles.